The van der Waals surface area contributed by atoms with Crippen molar-refractivity contribution in [1.82, 2.24) is 4.57 Å². The number of furan rings is 1. The van der Waals surface area contributed by atoms with Gasteiger partial charge < -0.3 is 13.9 Å². The maximum Gasteiger partial charge on any atom is 0.338 e. The van der Waals surface area contributed by atoms with Crippen molar-refractivity contribution in [2.24, 2.45) is 4.99 Å². The topological polar surface area (TPSA) is 100 Å². The highest BCUT2D eigenvalue weighted by Gasteiger charge is 2.36. The molecule has 9 heteroatoms. The molecule has 0 aliphatic carbocycles. The SMILES string of the molecule is CCOC(=O)C1=C(C)N=c2s/c(=C\c3ccc(-c4ccc(C(C)=O)cc4)o3)c(=O)n2[C@@H]1c1c(OC)ccc2ccccc12. The second kappa shape index (κ2) is 11.3. The molecule has 3 heterocycles. The van der Waals surface area contributed by atoms with Crippen LogP contribution in [0.25, 0.3) is 28.2 Å². The van der Waals surface area contributed by atoms with Crippen molar-refractivity contribution in [2.75, 3.05) is 13.7 Å². The Bertz CT molecular complexity index is 2110. The molecule has 216 valence electrons. The highest BCUT2D eigenvalue weighted by atomic mass is 32.1. The monoisotopic (exact) mass is 592 g/mol. The summed E-state index contributed by atoms with van der Waals surface area (Å²) in [6.07, 6.45) is 1.68. The molecule has 0 fully saturated rings. The van der Waals surface area contributed by atoms with Gasteiger partial charge in [0, 0.05) is 22.8 Å². The van der Waals surface area contributed by atoms with Crippen LogP contribution in [0.3, 0.4) is 0 Å². The molecule has 0 bridgehead atoms. The Kier molecular flexibility index (Phi) is 7.41. The van der Waals surface area contributed by atoms with Crippen LogP contribution >= 0.6 is 11.3 Å². The lowest BCUT2D eigenvalue weighted by Crippen LogP contribution is -2.40. The number of carbonyl (C=O) groups is 2. The fraction of sp³-hybridized carbons (Fsp3) is 0.176. The van der Waals surface area contributed by atoms with Crippen molar-refractivity contribution in [3.05, 3.63) is 121 Å². The number of esters is 1. The van der Waals surface area contributed by atoms with Crippen molar-refractivity contribution in [2.45, 2.75) is 26.8 Å². The van der Waals surface area contributed by atoms with Crippen LogP contribution < -0.4 is 19.6 Å². The molecule has 0 unspecified atom stereocenters. The first-order chi connectivity index (χ1) is 20.8. The molecule has 5 aromatic rings. The Morgan fingerprint density at radius 2 is 1.81 bits per heavy atom. The first kappa shape index (κ1) is 28.1. The number of ether oxygens (including phenoxy) is 2. The highest BCUT2D eigenvalue weighted by Crippen LogP contribution is 2.40. The maximum atomic E-state index is 14.1. The summed E-state index contributed by atoms with van der Waals surface area (Å²) in [4.78, 5) is 44.3. The third-order valence-electron chi connectivity index (χ3n) is 7.42. The predicted octanol–water partition coefficient (Wildman–Crippen LogP) is 5.42. The lowest BCUT2D eigenvalue weighted by Gasteiger charge is -2.27. The van der Waals surface area contributed by atoms with Gasteiger partial charge in [0.15, 0.2) is 10.6 Å². The number of rotatable bonds is 7. The smallest absolute Gasteiger partial charge is 0.338 e. The molecule has 0 saturated carbocycles. The van der Waals surface area contributed by atoms with E-state index in [1.54, 1.807) is 49.8 Å². The third-order valence-corrected chi connectivity index (χ3v) is 8.40. The average Bonchev–Trinajstić information content (AvgIpc) is 3.60. The number of benzene rings is 3. The first-order valence-electron chi connectivity index (χ1n) is 13.8. The van der Waals surface area contributed by atoms with Gasteiger partial charge in [0.05, 0.1) is 29.5 Å². The molecule has 6 rings (SSSR count). The Balaban J connectivity index is 1.53. The van der Waals surface area contributed by atoms with Crippen molar-refractivity contribution in [3.63, 3.8) is 0 Å². The molecule has 0 N–H and O–H groups in total. The van der Waals surface area contributed by atoms with Crippen LogP contribution in [0.5, 0.6) is 5.75 Å². The molecule has 0 saturated heterocycles. The summed E-state index contributed by atoms with van der Waals surface area (Å²) in [7, 11) is 1.57. The molecule has 1 aliphatic heterocycles. The van der Waals surface area contributed by atoms with Crippen molar-refractivity contribution >= 4 is 39.9 Å². The number of Topliss-reactive ketones (excluding diaryl/α,β-unsaturated/α-hetero) is 1. The van der Waals surface area contributed by atoms with Gasteiger partial charge >= 0.3 is 5.97 Å². The van der Waals surface area contributed by atoms with Crippen LogP contribution in [-0.2, 0) is 9.53 Å². The number of methoxy groups -OCH3 is 1. The van der Waals surface area contributed by atoms with E-state index in [1.165, 1.54) is 18.3 Å². The normalized spacial score (nSPS) is 14.9. The van der Waals surface area contributed by atoms with E-state index in [-0.39, 0.29) is 23.5 Å². The molecular formula is C34H28N2O6S. The van der Waals surface area contributed by atoms with E-state index in [1.807, 2.05) is 54.6 Å². The summed E-state index contributed by atoms with van der Waals surface area (Å²) in [5.41, 5.74) is 2.54. The number of hydrogen-bond donors (Lipinski definition) is 0. The van der Waals surface area contributed by atoms with Crippen molar-refractivity contribution in [1.29, 1.82) is 0 Å². The maximum absolute atomic E-state index is 14.1. The minimum absolute atomic E-state index is 0.0113. The molecule has 3 aromatic carbocycles. The summed E-state index contributed by atoms with van der Waals surface area (Å²) in [6, 6.07) is 21.5. The number of aromatic nitrogens is 1. The van der Waals surface area contributed by atoms with Crippen LogP contribution in [0, 0.1) is 0 Å². The summed E-state index contributed by atoms with van der Waals surface area (Å²) >= 11 is 1.22. The standard InChI is InChI=1S/C34H28N2O6S/c1-5-41-33(39)29-19(2)35-34-36(31(29)30-25-9-7-6-8-22(25)14-16-27(30)40-4)32(38)28(43-34)18-24-15-17-26(42-24)23-12-10-21(11-13-23)20(3)37/h6-18,31H,5H2,1-4H3/b28-18-/t31-/m0/s1. The summed E-state index contributed by atoms with van der Waals surface area (Å²) in [6.45, 7) is 5.20. The molecule has 2 aromatic heterocycles. The van der Waals surface area contributed by atoms with E-state index in [0.29, 0.717) is 43.4 Å². The second-order valence-electron chi connectivity index (χ2n) is 10.0. The van der Waals surface area contributed by atoms with Crippen LogP contribution in [0.15, 0.2) is 98.3 Å². The third kappa shape index (κ3) is 5.02. The summed E-state index contributed by atoms with van der Waals surface area (Å²) in [5.74, 6) is 1.08. The van der Waals surface area contributed by atoms with E-state index in [2.05, 4.69) is 4.99 Å². The minimum atomic E-state index is -0.828. The summed E-state index contributed by atoms with van der Waals surface area (Å²) < 4.78 is 19.3. The van der Waals surface area contributed by atoms with Gasteiger partial charge in [-0.05, 0) is 49.7 Å². The Morgan fingerprint density at radius 3 is 2.53 bits per heavy atom. The Morgan fingerprint density at radius 1 is 1.05 bits per heavy atom. The Hall–Kier alpha value is -5.02. The van der Waals surface area contributed by atoms with Crippen LogP contribution in [0.4, 0.5) is 0 Å². The van der Waals surface area contributed by atoms with E-state index in [4.69, 9.17) is 13.9 Å². The fourth-order valence-electron chi connectivity index (χ4n) is 5.38. The molecule has 0 radical (unpaired) electrons. The number of ketones is 1. The van der Waals surface area contributed by atoms with Gasteiger partial charge in [0.1, 0.15) is 23.3 Å². The van der Waals surface area contributed by atoms with Gasteiger partial charge in [-0.3, -0.25) is 14.2 Å². The first-order valence-corrected chi connectivity index (χ1v) is 14.6. The fourth-order valence-corrected chi connectivity index (χ4v) is 6.41. The van der Waals surface area contributed by atoms with Gasteiger partial charge in [-0.1, -0.05) is 65.9 Å². The largest absolute Gasteiger partial charge is 0.496 e. The molecule has 43 heavy (non-hydrogen) atoms. The predicted molar refractivity (Wildman–Crippen MR) is 165 cm³/mol. The van der Waals surface area contributed by atoms with Crippen LogP contribution in [0.2, 0.25) is 0 Å². The number of allylic oxidation sites excluding steroid dienone is 1. The quantitative estimate of drug-likeness (QED) is 0.185. The number of nitrogens with zero attached hydrogens (tertiary/aromatic N) is 2. The number of fused-ring (bicyclic) bond motifs is 2. The van der Waals surface area contributed by atoms with E-state index < -0.39 is 12.0 Å². The van der Waals surface area contributed by atoms with Gasteiger partial charge in [0.2, 0.25) is 0 Å². The number of hydrogen-bond acceptors (Lipinski definition) is 8. The van der Waals surface area contributed by atoms with Gasteiger partial charge in [0.25, 0.3) is 5.56 Å². The zero-order chi connectivity index (χ0) is 30.2. The van der Waals surface area contributed by atoms with Gasteiger partial charge in [-0.25, -0.2) is 9.79 Å². The molecule has 1 aliphatic rings. The van der Waals surface area contributed by atoms with Gasteiger partial charge in [-0.2, -0.15) is 0 Å². The van der Waals surface area contributed by atoms with E-state index in [0.717, 1.165) is 16.3 Å². The van der Waals surface area contributed by atoms with Gasteiger partial charge in [-0.15, -0.1) is 0 Å². The lowest BCUT2D eigenvalue weighted by atomic mass is 9.90. The summed E-state index contributed by atoms with van der Waals surface area (Å²) in [5, 5.41) is 1.79. The van der Waals surface area contributed by atoms with Crippen LogP contribution in [0.1, 0.15) is 48.5 Å². The zero-order valence-corrected chi connectivity index (χ0v) is 24.9. The van der Waals surface area contributed by atoms with E-state index >= 15 is 0 Å². The van der Waals surface area contributed by atoms with Crippen molar-refractivity contribution < 1.29 is 23.5 Å². The molecule has 8 nitrogen and oxygen atoms in total. The lowest BCUT2D eigenvalue weighted by molar-refractivity contribution is -0.139. The molecular weight excluding hydrogens is 564 g/mol. The molecule has 0 spiro atoms. The zero-order valence-electron chi connectivity index (χ0n) is 24.0. The Labute approximate surface area is 250 Å². The average molecular weight is 593 g/mol. The van der Waals surface area contributed by atoms with E-state index in [9.17, 15) is 14.4 Å². The minimum Gasteiger partial charge on any atom is -0.496 e. The number of thiazole rings is 1. The second-order valence-corrected chi connectivity index (χ2v) is 11.0. The molecule has 0 amide bonds. The van der Waals surface area contributed by atoms with Crippen LogP contribution in [-0.4, -0.2) is 30.0 Å². The number of carbonyl (C=O) groups excluding carboxylic acids is 2. The molecule has 1 atom stereocenters. The van der Waals surface area contributed by atoms with Crippen molar-refractivity contribution in [3.8, 4) is 17.1 Å². The highest BCUT2D eigenvalue weighted by molar-refractivity contribution is 7.07.